The fraction of sp³-hybridized carbons (Fsp3) is 0.590. The van der Waals surface area contributed by atoms with Crippen molar-refractivity contribution in [1.82, 2.24) is 0 Å². The highest BCUT2D eigenvalue weighted by Crippen LogP contribution is 2.13. The Kier molecular flexibility index (Phi) is 50.6. The van der Waals surface area contributed by atoms with E-state index < -0.39 is 6.10 Å². The number of carbonyl (C=O) groups excluding carboxylic acids is 3. The van der Waals surface area contributed by atoms with E-state index in [0.29, 0.717) is 19.3 Å². The Balaban J connectivity index is 4.60. The molecule has 0 aliphatic heterocycles. The van der Waals surface area contributed by atoms with Gasteiger partial charge in [-0.05, 0) is 103 Å². The van der Waals surface area contributed by atoms with Gasteiger partial charge in [-0.3, -0.25) is 14.4 Å². The van der Waals surface area contributed by atoms with Gasteiger partial charge in [-0.1, -0.05) is 225 Å². The van der Waals surface area contributed by atoms with E-state index in [1.54, 1.807) is 0 Å². The molecule has 0 aromatic rings. The molecule has 1 unspecified atom stereocenters. The van der Waals surface area contributed by atoms with Crippen molar-refractivity contribution in [2.45, 2.75) is 219 Å². The van der Waals surface area contributed by atoms with Gasteiger partial charge in [0.1, 0.15) is 13.2 Å². The zero-order valence-electron chi connectivity index (χ0n) is 42.9. The molecule has 0 bridgehead atoms. The summed E-state index contributed by atoms with van der Waals surface area (Å²) in [7, 11) is 0. The summed E-state index contributed by atoms with van der Waals surface area (Å²) in [6.45, 7) is 6.35. The van der Waals surface area contributed by atoms with E-state index in [0.717, 1.165) is 70.6 Å². The number of unbranched alkanes of at least 4 members (excludes halogenated alkanes) is 18. The van der Waals surface area contributed by atoms with Gasteiger partial charge in [0.2, 0.25) is 0 Å². The Labute approximate surface area is 411 Å². The van der Waals surface area contributed by atoms with Crippen molar-refractivity contribution in [3.05, 3.63) is 134 Å². The maximum Gasteiger partial charge on any atom is 0.306 e. The van der Waals surface area contributed by atoms with Gasteiger partial charge in [-0.25, -0.2) is 0 Å². The third-order valence-electron chi connectivity index (χ3n) is 10.8. The molecule has 6 nitrogen and oxygen atoms in total. The Hall–Kier alpha value is -4.45. The van der Waals surface area contributed by atoms with Crippen molar-refractivity contribution in [2.24, 2.45) is 0 Å². The number of rotatable bonds is 46. The van der Waals surface area contributed by atoms with Crippen molar-refractivity contribution < 1.29 is 28.6 Å². The number of ether oxygens (including phenoxy) is 3. The number of allylic oxidation sites excluding steroid dienone is 22. The molecule has 0 heterocycles. The second kappa shape index (κ2) is 54.2. The van der Waals surface area contributed by atoms with E-state index in [4.69, 9.17) is 14.2 Å². The molecule has 0 aliphatic rings. The maximum atomic E-state index is 12.8. The summed E-state index contributed by atoms with van der Waals surface area (Å²) in [6, 6.07) is 0. The van der Waals surface area contributed by atoms with Crippen LogP contribution < -0.4 is 0 Å². The van der Waals surface area contributed by atoms with Crippen LogP contribution in [-0.4, -0.2) is 37.2 Å². The molecule has 0 N–H and O–H groups in total. The number of hydrogen-bond donors (Lipinski definition) is 0. The Morgan fingerprint density at radius 1 is 0.328 bits per heavy atom. The molecule has 0 spiro atoms. The van der Waals surface area contributed by atoms with Gasteiger partial charge >= 0.3 is 17.9 Å². The highest BCUT2D eigenvalue weighted by Gasteiger charge is 2.19. The molecule has 0 radical (unpaired) electrons. The molecule has 376 valence electrons. The predicted octanol–water partition coefficient (Wildman–Crippen LogP) is 17.9. The minimum Gasteiger partial charge on any atom is -0.462 e. The van der Waals surface area contributed by atoms with Crippen LogP contribution in [0.4, 0.5) is 0 Å². The van der Waals surface area contributed by atoms with Gasteiger partial charge < -0.3 is 14.2 Å². The predicted molar refractivity (Wildman–Crippen MR) is 288 cm³/mol. The SMILES string of the molecule is CC\C=C/C=C\C=C/C=C\C=C\C=C/CCCCCC(=O)OCC(COC(=O)CCCCCCCCC/C=C\CCCCCC)OC(=O)CCC/C=C\C/C=C\C/C=C\C/C=C\CCCCC. The normalized spacial score (nSPS) is 13.2. The summed E-state index contributed by atoms with van der Waals surface area (Å²) < 4.78 is 16.7. The first kappa shape index (κ1) is 62.5. The highest BCUT2D eigenvalue weighted by atomic mass is 16.6. The van der Waals surface area contributed by atoms with E-state index in [9.17, 15) is 14.4 Å². The number of esters is 3. The smallest absolute Gasteiger partial charge is 0.306 e. The summed E-state index contributed by atoms with van der Waals surface area (Å²) in [5, 5.41) is 0. The zero-order chi connectivity index (χ0) is 48.6. The average molecular weight is 925 g/mol. The van der Waals surface area contributed by atoms with Crippen LogP contribution >= 0.6 is 0 Å². The van der Waals surface area contributed by atoms with Crippen LogP contribution in [0.5, 0.6) is 0 Å². The average Bonchev–Trinajstić information content (AvgIpc) is 3.33. The summed E-state index contributed by atoms with van der Waals surface area (Å²) in [5.41, 5.74) is 0. The van der Waals surface area contributed by atoms with Crippen LogP contribution in [0.1, 0.15) is 213 Å². The third kappa shape index (κ3) is 52.4. The van der Waals surface area contributed by atoms with E-state index in [-0.39, 0.29) is 44.0 Å². The first-order valence-electron chi connectivity index (χ1n) is 26.8. The third-order valence-corrected chi connectivity index (χ3v) is 10.8. The molecule has 0 saturated carbocycles. The van der Waals surface area contributed by atoms with Crippen LogP contribution in [-0.2, 0) is 28.6 Å². The van der Waals surface area contributed by atoms with Crippen LogP contribution in [0.2, 0.25) is 0 Å². The largest absolute Gasteiger partial charge is 0.462 e. The lowest BCUT2D eigenvalue weighted by atomic mass is 10.1. The topological polar surface area (TPSA) is 78.9 Å². The standard InChI is InChI=1S/C61H96O6/c1-4-7-10-13-16-19-22-25-28-30-33-36-39-42-45-48-51-54-60(63)66-57-58(56-65-59(62)53-50-47-44-41-38-35-32-27-24-21-18-15-12-9-6-3)67-61(64)55-52-49-46-43-40-37-34-31-29-26-23-20-17-14-11-8-5-2/h7,10,13,16-17,19-22,24-26,28-30,33-34,36-37,39,43,46,58H,4-6,8-9,11-12,14-15,18,23,27,31-32,35,38,40-42,44-45,47-57H2,1-3H3/b10-7-,16-13-,20-17-,22-19-,24-21-,28-25-,29-26-,33-30+,37-34-,39-36-,46-43-. The van der Waals surface area contributed by atoms with Crippen LogP contribution in [0.15, 0.2) is 134 Å². The number of hydrogen-bond acceptors (Lipinski definition) is 6. The Morgan fingerprint density at radius 3 is 1.15 bits per heavy atom. The van der Waals surface area contributed by atoms with Crippen molar-refractivity contribution in [1.29, 1.82) is 0 Å². The van der Waals surface area contributed by atoms with Gasteiger partial charge in [-0.2, -0.15) is 0 Å². The summed E-state index contributed by atoms with van der Waals surface area (Å²) in [6.07, 6.45) is 75.7. The van der Waals surface area contributed by atoms with E-state index in [1.807, 2.05) is 60.8 Å². The molecule has 0 rings (SSSR count). The second-order valence-corrected chi connectivity index (χ2v) is 17.2. The molecule has 0 fully saturated rings. The molecule has 6 heteroatoms. The molecule has 0 saturated heterocycles. The van der Waals surface area contributed by atoms with Crippen molar-refractivity contribution in [3.8, 4) is 0 Å². The van der Waals surface area contributed by atoms with Gasteiger partial charge in [0, 0.05) is 19.3 Å². The van der Waals surface area contributed by atoms with Gasteiger partial charge in [0.05, 0.1) is 0 Å². The van der Waals surface area contributed by atoms with E-state index >= 15 is 0 Å². The fourth-order valence-electron chi connectivity index (χ4n) is 6.75. The molecule has 0 amide bonds. The first-order chi connectivity index (χ1) is 33.0. The lowest BCUT2D eigenvalue weighted by Crippen LogP contribution is -2.30. The van der Waals surface area contributed by atoms with Gasteiger partial charge in [0.15, 0.2) is 6.10 Å². The van der Waals surface area contributed by atoms with Gasteiger partial charge in [0.25, 0.3) is 0 Å². The quantitative estimate of drug-likeness (QED) is 0.0199. The maximum absolute atomic E-state index is 12.8. The fourth-order valence-corrected chi connectivity index (χ4v) is 6.75. The van der Waals surface area contributed by atoms with E-state index in [1.165, 1.54) is 89.9 Å². The molecule has 0 aromatic heterocycles. The number of carbonyl (C=O) groups is 3. The van der Waals surface area contributed by atoms with Crippen molar-refractivity contribution in [2.75, 3.05) is 13.2 Å². The second-order valence-electron chi connectivity index (χ2n) is 17.2. The molecular formula is C61H96O6. The van der Waals surface area contributed by atoms with Crippen LogP contribution in [0.3, 0.4) is 0 Å². The zero-order valence-corrected chi connectivity index (χ0v) is 42.9. The minimum absolute atomic E-state index is 0.121. The summed E-state index contributed by atoms with van der Waals surface area (Å²) >= 11 is 0. The minimum atomic E-state index is -0.832. The monoisotopic (exact) mass is 925 g/mol. The van der Waals surface area contributed by atoms with Crippen LogP contribution in [0, 0.1) is 0 Å². The Morgan fingerprint density at radius 2 is 0.657 bits per heavy atom. The first-order valence-corrected chi connectivity index (χ1v) is 26.8. The summed E-state index contributed by atoms with van der Waals surface area (Å²) in [4.78, 5) is 38.0. The van der Waals surface area contributed by atoms with Crippen molar-refractivity contribution >= 4 is 17.9 Å². The molecule has 1 atom stereocenters. The Bertz CT molecular complexity index is 1480. The molecule has 0 aromatic carbocycles. The lowest BCUT2D eigenvalue weighted by Gasteiger charge is -2.18. The summed E-state index contributed by atoms with van der Waals surface area (Å²) in [5.74, 6) is -1.04. The van der Waals surface area contributed by atoms with Gasteiger partial charge in [-0.15, -0.1) is 0 Å². The molecular weight excluding hydrogens is 829 g/mol. The highest BCUT2D eigenvalue weighted by molar-refractivity contribution is 5.71. The molecule has 0 aliphatic carbocycles. The molecule has 67 heavy (non-hydrogen) atoms. The van der Waals surface area contributed by atoms with Crippen LogP contribution in [0.25, 0.3) is 0 Å². The lowest BCUT2D eigenvalue weighted by molar-refractivity contribution is -0.167. The van der Waals surface area contributed by atoms with Crippen molar-refractivity contribution in [3.63, 3.8) is 0 Å². The van der Waals surface area contributed by atoms with E-state index in [2.05, 4.69) is 93.7 Å².